The van der Waals surface area contributed by atoms with Gasteiger partial charge in [-0.05, 0) is 18.9 Å². The molecule has 1 unspecified atom stereocenters. The second-order valence-corrected chi connectivity index (χ2v) is 5.97. The lowest BCUT2D eigenvalue weighted by Crippen LogP contribution is -2.26. The highest BCUT2D eigenvalue weighted by Crippen LogP contribution is 2.22. The molecule has 1 amide bonds. The van der Waals surface area contributed by atoms with E-state index in [9.17, 15) is 4.79 Å². The third-order valence-corrected chi connectivity index (χ3v) is 4.19. The first-order valence-electron chi connectivity index (χ1n) is 8.13. The summed E-state index contributed by atoms with van der Waals surface area (Å²) in [5.74, 6) is 0.577. The summed E-state index contributed by atoms with van der Waals surface area (Å²) in [5, 5.41) is 12.7. The average Bonchev–Trinajstić information content (AvgIpc) is 3.21. The summed E-state index contributed by atoms with van der Waals surface area (Å²) in [7, 11) is 0. The highest BCUT2D eigenvalue weighted by atomic mass is 16.5. The number of nitrogens with one attached hydrogen (secondary N) is 1. The standard InChI is InChI=1S/C17H19N5O2/c23-17(11-21-10-13-4-1-2-6-15(13)20-21)19-16-7-8-18-22(16)14-5-3-9-24-12-14/h1-2,4,6-8,10,14H,3,5,9,11-12H2,(H,19,23). The topological polar surface area (TPSA) is 74.0 Å². The third kappa shape index (κ3) is 3.03. The van der Waals surface area contributed by atoms with Gasteiger partial charge in [-0.1, -0.05) is 18.2 Å². The van der Waals surface area contributed by atoms with Gasteiger partial charge in [0.1, 0.15) is 12.4 Å². The molecule has 1 N–H and O–H groups in total. The van der Waals surface area contributed by atoms with Crippen LogP contribution < -0.4 is 5.32 Å². The average molecular weight is 325 g/mol. The first-order valence-corrected chi connectivity index (χ1v) is 8.13. The number of aromatic nitrogens is 4. The molecule has 0 spiro atoms. The van der Waals surface area contributed by atoms with Crippen molar-refractivity contribution >= 4 is 22.6 Å². The number of anilines is 1. The van der Waals surface area contributed by atoms with Gasteiger partial charge in [-0.3, -0.25) is 9.48 Å². The fourth-order valence-electron chi connectivity index (χ4n) is 3.05. The van der Waals surface area contributed by atoms with Crippen molar-refractivity contribution in [3.8, 4) is 0 Å². The molecule has 0 radical (unpaired) electrons. The maximum Gasteiger partial charge on any atom is 0.247 e. The van der Waals surface area contributed by atoms with Crippen molar-refractivity contribution < 1.29 is 9.53 Å². The molecule has 4 rings (SSSR count). The number of nitrogens with zero attached hydrogens (tertiary/aromatic N) is 4. The van der Waals surface area contributed by atoms with Crippen LogP contribution in [0.15, 0.2) is 42.7 Å². The van der Waals surface area contributed by atoms with Gasteiger partial charge in [0.25, 0.3) is 0 Å². The summed E-state index contributed by atoms with van der Waals surface area (Å²) in [6, 6.07) is 9.79. The molecule has 1 aromatic carbocycles. The fraction of sp³-hybridized carbons (Fsp3) is 0.353. The van der Waals surface area contributed by atoms with Gasteiger partial charge in [0.05, 0.1) is 24.4 Å². The van der Waals surface area contributed by atoms with Gasteiger partial charge in [-0.25, -0.2) is 4.68 Å². The van der Waals surface area contributed by atoms with Gasteiger partial charge in [-0.2, -0.15) is 10.2 Å². The number of carbonyl (C=O) groups is 1. The van der Waals surface area contributed by atoms with Gasteiger partial charge in [0.15, 0.2) is 0 Å². The molecular formula is C17H19N5O2. The molecule has 1 saturated heterocycles. The van der Waals surface area contributed by atoms with E-state index in [2.05, 4.69) is 15.5 Å². The summed E-state index contributed by atoms with van der Waals surface area (Å²) in [6.45, 7) is 1.60. The minimum atomic E-state index is -0.124. The molecule has 0 bridgehead atoms. The zero-order valence-corrected chi connectivity index (χ0v) is 13.3. The van der Waals surface area contributed by atoms with Crippen molar-refractivity contribution in [2.75, 3.05) is 18.5 Å². The summed E-state index contributed by atoms with van der Waals surface area (Å²) in [6.07, 6.45) is 5.60. The largest absolute Gasteiger partial charge is 0.379 e. The molecular weight excluding hydrogens is 306 g/mol. The molecule has 7 nitrogen and oxygen atoms in total. The van der Waals surface area contributed by atoms with Gasteiger partial charge in [-0.15, -0.1) is 0 Å². The Kier molecular flexibility index (Phi) is 4.00. The van der Waals surface area contributed by atoms with E-state index < -0.39 is 0 Å². The van der Waals surface area contributed by atoms with Crippen molar-refractivity contribution in [2.45, 2.75) is 25.4 Å². The second kappa shape index (κ2) is 6.45. The van der Waals surface area contributed by atoms with E-state index in [1.807, 2.05) is 41.2 Å². The predicted octanol–water partition coefficient (Wildman–Crippen LogP) is 2.22. The summed E-state index contributed by atoms with van der Waals surface area (Å²) < 4.78 is 9.01. The SMILES string of the molecule is O=C(Cn1cc2ccccc2n1)Nc1ccnn1C1CCCOC1. The highest BCUT2D eigenvalue weighted by molar-refractivity contribution is 5.90. The van der Waals surface area contributed by atoms with Gasteiger partial charge < -0.3 is 10.1 Å². The van der Waals surface area contributed by atoms with Crippen molar-refractivity contribution in [3.63, 3.8) is 0 Å². The molecule has 1 aliphatic rings. The van der Waals surface area contributed by atoms with Crippen LogP contribution in [0.4, 0.5) is 5.82 Å². The first kappa shape index (κ1) is 14.9. The van der Waals surface area contributed by atoms with Gasteiger partial charge >= 0.3 is 0 Å². The smallest absolute Gasteiger partial charge is 0.247 e. The van der Waals surface area contributed by atoms with E-state index >= 15 is 0 Å². The summed E-state index contributed by atoms with van der Waals surface area (Å²) in [5.41, 5.74) is 0.884. The number of benzene rings is 1. The van der Waals surface area contributed by atoms with E-state index in [0.29, 0.717) is 12.4 Å². The first-order chi connectivity index (χ1) is 11.8. The summed E-state index contributed by atoms with van der Waals surface area (Å²) >= 11 is 0. The molecule has 3 heterocycles. The lowest BCUT2D eigenvalue weighted by molar-refractivity contribution is -0.117. The Balaban J connectivity index is 1.45. The Labute approximate surface area is 139 Å². The number of hydrogen-bond acceptors (Lipinski definition) is 4. The van der Waals surface area contributed by atoms with Crippen LogP contribution in [0.2, 0.25) is 0 Å². The molecule has 3 aromatic rings. The molecule has 0 saturated carbocycles. The van der Waals surface area contributed by atoms with E-state index in [1.165, 1.54) is 0 Å². The van der Waals surface area contributed by atoms with Crippen LogP contribution >= 0.6 is 0 Å². The molecule has 2 aromatic heterocycles. The van der Waals surface area contributed by atoms with Crippen molar-refractivity contribution in [1.82, 2.24) is 19.6 Å². The van der Waals surface area contributed by atoms with Crippen LogP contribution in [0, 0.1) is 0 Å². The van der Waals surface area contributed by atoms with Crippen LogP contribution in [0.25, 0.3) is 10.9 Å². The Hall–Kier alpha value is -2.67. The Morgan fingerprint density at radius 2 is 2.25 bits per heavy atom. The summed E-state index contributed by atoms with van der Waals surface area (Å²) in [4.78, 5) is 12.3. The zero-order valence-electron chi connectivity index (χ0n) is 13.3. The monoisotopic (exact) mass is 325 g/mol. The normalized spacial score (nSPS) is 17.9. The van der Waals surface area contributed by atoms with Crippen molar-refractivity contribution in [3.05, 3.63) is 42.7 Å². The van der Waals surface area contributed by atoms with Crippen molar-refractivity contribution in [2.24, 2.45) is 0 Å². The molecule has 1 atom stereocenters. The van der Waals surface area contributed by atoms with Crippen LogP contribution in [-0.4, -0.2) is 38.7 Å². The number of fused-ring (bicyclic) bond motifs is 1. The molecule has 24 heavy (non-hydrogen) atoms. The second-order valence-electron chi connectivity index (χ2n) is 5.97. The Morgan fingerprint density at radius 1 is 1.33 bits per heavy atom. The van der Waals surface area contributed by atoms with Gasteiger partial charge in [0.2, 0.25) is 5.91 Å². The minimum Gasteiger partial charge on any atom is -0.379 e. The molecule has 0 aliphatic carbocycles. The number of amides is 1. The predicted molar refractivity (Wildman–Crippen MR) is 89.7 cm³/mol. The highest BCUT2D eigenvalue weighted by Gasteiger charge is 2.19. The maximum atomic E-state index is 12.3. The zero-order chi connectivity index (χ0) is 16.4. The lowest BCUT2D eigenvalue weighted by atomic mass is 10.1. The maximum absolute atomic E-state index is 12.3. The van der Waals surface area contributed by atoms with E-state index in [4.69, 9.17) is 4.74 Å². The molecule has 1 aliphatic heterocycles. The number of carbonyl (C=O) groups excluding carboxylic acids is 1. The van der Waals surface area contributed by atoms with E-state index in [1.54, 1.807) is 10.9 Å². The fourth-order valence-corrected chi connectivity index (χ4v) is 3.05. The van der Waals surface area contributed by atoms with Crippen molar-refractivity contribution in [1.29, 1.82) is 0 Å². The lowest BCUT2D eigenvalue weighted by Gasteiger charge is -2.24. The Morgan fingerprint density at radius 3 is 3.08 bits per heavy atom. The van der Waals surface area contributed by atoms with E-state index in [-0.39, 0.29) is 18.5 Å². The number of rotatable bonds is 4. The molecule has 124 valence electrons. The quantitative estimate of drug-likeness (QED) is 0.798. The number of hydrogen-bond donors (Lipinski definition) is 1. The minimum absolute atomic E-state index is 0.124. The van der Waals surface area contributed by atoms with Crippen LogP contribution in [-0.2, 0) is 16.1 Å². The third-order valence-electron chi connectivity index (χ3n) is 4.19. The van der Waals surface area contributed by atoms with Crippen LogP contribution in [0.1, 0.15) is 18.9 Å². The molecule has 1 fully saturated rings. The Bertz CT molecular complexity index is 814. The van der Waals surface area contributed by atoms with E-state index in [0.717, 1.165) is 30.4 Å². The molecule has 7 heteroatoms. The van der Waals surface area contributed by atoms with Crippen LogP contribution in [0.5, 0.6) is 0 Å². The van der Waals surface area contributed by atoms with Crippen LogP contribution in [0.3, 0.4) is 0 Å². The number of ether oxygens (including phenoxy) is 1. The van der Waals surface area contributed by atoms with Gasteiger partial charge in [0, 0.05) is 24.3 Å².